The second-order valence-electron chi connectivity index (χ2n) is 5.78. The number of rotatable bonds is 5. The van der Waals surface area contributed by atoms with Crippen molar-refractivity contribution in [2.24, 2.45) is 5.92 Å². The van der Waals surface area contributed by atoms with E-state index in [1.807, 2.05) is 6.07 Å². The van der Waals surface area contributed by atoms with Crippen molar-refractivity contribution in [2.45, 2.75) is 38.6 Å². The SMILES string of the molecule is CN(Cc1ccccc1C#CCCO)CC1CCCC1. The maximum Gasteiger partial charge on any atom is 0.0540 e. The van der Waals surface area contributed by atoms with E-state index in [0.717, 1.165) is 18.0 Å². The van der Waals surface area contributed by atoms with E-state index >= 15 is 0 Å². The van der Waals surface area contributed by atoms with Crippen LogP contribution in [0, 0.1) is 17.8 Å². The summed E-state index contributed by atoms with van der Waals surface area (Å²) < 4.78 is 0. The third kappa shape index (κ3) is 4.67. The third-order valence-corrected chi connectivity index (χ3v) is 3.96. The Kier molecular flexibility index (Phi) is 6.11. The fourth-order valence-corrected chi connectivity index (χ4v) is 2.98. The van der Waals surface area contributed by atoms with Gasteiger partial charge >= 0.3 is 0 Å². The first-order valence-corrected chi connectivity index (χ1v) is 7.66. The normalized spacial score (nSPS) is 15.3. The maximum absolute atomic E-state index is 8.81. The Morgan fingerprint density at radius 3 is 2.75 bits per heavy atom. The topological polar surface area (TPSA) is 23.5 Å². The van der Waals surface area contributed by atoms with Crippen LogP contribution in [0.15, 0.2) is 24.3 Å². The van der Waals surface area contributed by atoms with Crippen LogP contribution in [0.3, 0.4) is 0 Å². The molecule has 1 aliphatic carbocycles. The van der Waals surface area contributed by atoms with Crippen LogP contribution < -0.4 is 0 Å². The zero-order chi connectivity index (χ0) is 14.2. The minimum absolute atomic E-state index is 0.136. The number of benzene rings is 1. The lowest BCUT2D eigenvalue weighted by Gasteiger charge is -2.21. The quantitative estimate of drug-likeness (QED) is 0.832. The Balaban J connectivity index is 1.95. The van der Waals surface area contributed by atoms with Crippen LogP contribution in [0.5, 0.6) is 0 Å². The molecule has 1 N–H and O–H groups in total. The molecule has 0 atom stereocenters. The van der Waals surface area contributed by atoms with Crippen molar-refractivity contribution in [1.29, 1.82) is 0 Å². The van der Waals surface area contributed by atoms with Gasteiger partial charge in [0.15, 0.2) is 0 Å². The fourth-order valence-electron chi connectivity index (χ4n) is 2.98. The van der Waals surface area contributed by atoms with Gasteiger partial charge in [0.25, 0.3) is 0 Å². The first kappa shape index (κ1) is 15.1. The van der Waals surface area contributed by atoms with E-state index in [4.69, 9.17) is 5.11 Å². The molecule has 1 aromatic rings. The number of nitrogens with zero attached hydrogens (tertiary/aromatic N) is 1. The first-order chi connectivity index (χ1) is 9.79. The predicted octanol–water partition coefficient (Wildman–Crippen LogP) is 3.04. The number of hydrogen-bond acceptors (Lipinski definition) is 2. The highest BCUT2D eigenvalue weighted by Crippen LogP contribution is 2.25. The summed E-state index contributed by atoms with van der Waals surface area (Å²) in [5.41, 5.74) is 2.39. The number of hydrogen-bond donors (Lipinski definition) is 1. The van der Waals surface area contributed by atoms with Gasteiger partial charge in [-0.2, -0.15) is 0 Å². The van der Waals surface area contributed by atoms with Gasteiger partial charge in [-0.05, 0) is 37.4 Å². The van der Waals surface area contributed by atoms with Crippen molar-refractivity contribution >= 4 is 0 Å². The Bertz CT molecular complexity index is 466. The molecular weight excluding hydrogens is 246 g/mol. The van der Waals surface area contributed by atoms with Gasteiger partial charge in [-0.25, -0.2) is 0 Å². The predicted molar refractivity (Wildman–Crippen MR) is 83.3 cm³/mol. The summed E-state index contributed by atoms with van der Waals surface area (Å²) in [5.74, 6) is 7.08. The molecule has 0 saturated heterocycles. The van der Waals surface area contributed by atoms with Crippen LogP contribution in [0.4, 0.5) is 0 Å². The average Bonchev–Trinajstić information content (AvgIpc) is 2.93. The Labute approximate surface area is 122 Å². The van der Waals surface area contributed by atoms with E-state index in [2.05, 4.69) is 42.0 Å². The zero-order valence-corrected chi connectivity index (χ0v) is 12.4. The van der Waals surface area contributed by atoms with Crippen molar-refractivity contribution in [3.63, 3.8) is 0 Å². The lowest BCUT2D eigenvalue weighted by atomic mass is 10.1. The molecule has 2 heteroatoms. The molecule has 1 aromatic carbocycles. The molecule has 2 rings (SSSR count). The summed E-state index contributed by atoms with van der Waals surface area (Å²) in [7, 11) is 2.20. The van der Waals surface area contributed by atoms with Gasteiger partial charge < -0.3 is 10.0 Å². The highest BCUT2D eigenvalue weighted by Gasteiger charge is 2.17. The summed E-state index contributed by atoms with van der Waals surface area (Å²) >= 11 is 0. The molecule has 0 bridgehead atoms. The Morgan fingerprint density at radius 1 is 1.25 bits per heavy atom. The van der Waals surface area contributed by atoms with Gasteiger partial charge in [0.1, 0.15) is 0 Å². The van der Waals surface area contributed by atoms with Crippen molar-refractivity contribution in [3.05, 3.63) is 35.4 Å². The van der Waals surface area contributed by atoms with Crippen LogP contribution in [0.25, 0.3) is 0 Å². The monoisotopic (exact) mass is 271 g/mol. The van der Waals surface area contributed by atoms with Gasteiger partial charge in [0.05, 0.1) is 6.61 Å². The van der Waals surface area contributed by atoms with Crippen molar-refractivity contribution in [2.75, 3.05) is 20.2 Å². The van der Waals surface area contributed by atoms with Gasteiger partial charge in [0, 0.05) is 25.1 Å². The summed E-state index contributed by atoms with van der Waals surface area (Å²) in [4.78, 5) is 2.42. The Morgan fingerprint density at radius 2 is 2.00 bits per heavy atom. The van der Waals surface area contributed by atoms with E-state index in [1.54, 1.807) is 0 Å². The molecule has 0 spiro atoms. The molecular formula is C18H25NO. The maximum atomic E-state index is 8.81. The zero-order valence-electron chi connectivity index (χ0n) is 12.4. The first-order valence-electron chi connectivity index (χ1n) is 7.66. The molecule has 1 saturated carbocycles. The molecule has 0 aromatic heterocycles. The minimum atomic E-state index is 0.136. The molecule has 20 heavy (non-hydrogen) atoms. The van der Waals surface area contributed by atoms with Gasteiger partial charge in [-0.1, -0.05) is 42.9 Å². The third-order valence-electron chi connectivity index (χ3n) is 3.96. The number of aliphatic hydroxyl groups excluding tert-OH is 1. The summed E-state index contributed by atoms with van der Waals surface area (Å²) in [6, 6.07) is 8.34. The molecule has 0 amide bonds. The summed E-state index contributed by atoms with van der Waals surface area (Å²) in [6.07, 6.45) is 6.14. The van der Waals surface area contributed by atoms with E-state index in [-0.39, 0.29) is 6.61 Å². The molecule has 0 radical (unpaired) electrons. The van der Waals surface area contributed by atoms with Crippen LogP contribution in [-0.2, 0) is 6.54 Å². The van der Waals surface area contributed by atoms with E-state index < -0.39 is 0 Å². The van der Waals surface area contributed by atoms with Crippen LogP contribution >= 0.6 is 0 Å². The molecule has 1 fully saturated rings. The molecule has 0 heterocycles. The van der Waals surface area contributed by atoms with E-state index in [0.29, 0.717) is 6.42 Å². The largest absolute Gasteiger partial charge is 0.395 e. The number of aliphatic hydroxyl groups is 1. The lowest BCUT2D eigenvalue weighted by molar-refractivity contribution is 0.271. The summed E-state index contributed by atoms with van der Waals surface area (Å²) in [5, 5.41) is 8.81. The molecule has 0 aliphatic heterocycles. The minimum Gasteiger partial charge on any atom is -0.395 e. The van der Waals surface area contributed by atoms with Crippen molar-refractivity contribution in [1.82, 2.24) is 4.90 Å². The van der Waals surface area contributed by atoms with Crippen molar-refractivity contribution in [3.8, 4) is 11.8 Å². The van der Waals surface area contributed by atoms with Gasteiger partial charge in [-0.15, -0.1) is 0 Å². The summed E-state index contributed by atoms with van der Waals surface area (Å²) in [6.45, 7) is 2.29. The molecule has 108 valence electrons. The second-order valence-corrected chi connectivity index (χ2v) is 5.78. The molecule has 0 unspecified atom stereocenters. The smallest absolute Gasteiger partial charge is 0.0540 e. The second kappa shape index (κ2) is 8.09. The van der Waals surface area contributed by atoms with Gasteiger partial charge in [0.2, 0.25) is 0 Å². The lowest BCUT2D eigenvalue weighted by Crippen LogP contribution is -2.24. The average molecular weight is 271 g/mol. The van der Waals surface area contributed by atoms with Crippen molar-refractivity contribution < 1.29 is 5.11 Å². The van der Waals surface area contributed by atoms with Crippen LogP contribution in [0.2, 0.25) is 0 Å². The fraction of sp³-hybridized carbons (Fsp3) is 0.556. The van der Waals surface area contributed by atoms with E-state index in [9.17, 15) is 0 Å². The highest BCUT2D eigenvalue weighted by molar-refractivity contribution is 5.41. The van der Waals surface area contributed by atoms with Crippen LogP contribution in [0.1, 0.15) is 43.2 Å². The van der Waals surface area contributed by atoms with Crippen LogP contribution in [-0.4, -0.2) is 30.2 Å². The van der Waals surface area contributed by atoms with E-state index in [1.165, 1.54) is 37.8 Å². The van der Waals surface area contributed by atoms with Gasteiger partial charge in [-0.3, -0.25) is 0 Å². The molecule has 2 nitrogen and oxygen atoms in total. The molecule has 1 aliphatic rings. The highest BCUT2D eigenvalue weighted by atomic mass is 16.2. The standard InChI is InChI=1S/C18H25NO/c1-19(14-16-8-2-3-9-16)15-18-12-5-4-10-17(18)11-6-7-13-20/h4-5,10,12,16,20H,2-3,7-9,13-15H2,1H3. The Hall–Kier alpha value is -1.30.